The third kappa shape index (κ3) is 3.07. The molecule has 0 aliphatic rings. The molecule has 1 aromatic rings. The lowest BCUT2D eigenvalue weighted by molar-refractivity contribution is 0.167. The number of hydrogen-bond donors (Lipinski definition) is 0. The summed E-state index contributed by atoms with van der Waals surface area (Å²) < 4.78 is 69.5. The number of rotatable bonds is 5. The van der Waals surface area contributed by atoms with Gasteiger partial charge in [-0.05, 0) is 6.42 Å². The Balaban J connectivity index is 2.96. The molecule has 6 heteroatoms. The van der Waals surface area contributed by atoms with Crippen LogP contribution in [-0.4, -0.2) is 13.2 Å². The molecule has 0 heterocycles. The Kier molecular flexibility index (Phi) is 5.27. The normalized spacial score (nSPS) is 11.4. The molecule has 0 N–H and O–H groups in total. The zero-order valence-electron chi connectivity index (χ0n) is 9.28. The van der Waals surface area contributed by atoms with Crippen LogP contribution in [0, 0.1) is 36.0 Å². The molecule has 0 saturated heterocycles. The summed E-state index contributed by atoms with van der Waals surface area (Å²) in [4.78, 5) is 0. The van der Waals surface area contributed by atoms with Gasteiger partial charge in [-0.25, -0.2) is 22.0 Å². The molecule has 18 heavy (non-hydrogen) atoms. The van der Waals surface area contributed by atoms with Gasteiger partial charge in [-0.3, -0.25) is 0 Å². The average Bonchev–Trinajstić information content (AvgIpc) is 2.37. The lowest BCUT2D eigenvalue weighted by atomic mass is 10.1. The predicted octanol–water partition coefficient (Wildman–Crippen LogP) is 3.64. The van der Waals surface area contributed by atoms with Crippen molar-refractivity contribution < 1.29 is 26.7 Å². The van der Waals surface area contributed by atoms with Crippen molar-refractivity contribution in [2.45, 2.75) is 6.42 Å². The van der Waals surface area contributed by atoms with Crippen LogP contribution in [0.25, 0.3) is 6.08 Å². The van der Waals surface area contributed by atoms with Crippen molar-refractivity contribution in [2.24, 2.45) is 0 Å². The molecule has 1 radical (unpaired) electrons. The first-order chi connectivity index (χ1) is 8.50. The number of halogens is 5. The maximum absolute atomic E-state index is 13.2. The third-order valence-corrected chi connectivity index (χ3v) is 2.03. The van der Waals surface area contributed by atoms with Crippen LogP contribution >= 0.6 is 0 Å². The Morgan fingerprint density at radius 3 is 1.89 bits per heavy atom. The maximum Gasteiger partial charge on any atom is 0.200 e. The average molecular weight is 265 g/mol. The summed E-state index contributed by atoms with van der Waals surface area (Å²) in [7, 11) is 0. The van der Waals surface area contributed by atoms with Crippen LogP contribution in [0.3, 0.4) is 0 Å². The summed E-state index contributed by atoms with van der Waals surface area (Å²) >= 11 is 0. The lowest BCUT2D eigenvalue weighted by Gasteiger charge is -2.04. The van der Waals surface area contributed by atoms with E-state index >= 15 is 0 Å². The highest BCUT2D eigenvalue weighted by Crippen LogP contribution is 2.23. The minimum absolute atomic E-state index is 0.00495. The standard InChI is InChI=1S/C12H10F5O/c1-2-5-18-6-3-4-7-8(13)10(15)12(17)11(16)9(7)14/h3-4H,1-2,5-6H2. The fourth-order valence-electron chi connectivity index (χ4n) is 1.19. The quantitative estimate of drug-likeness (QED) is 0.342. The molecule has 1 aromatic carbocycles. The van der Waals surface area contributed by atoms with E-state index in [0.717, 1.165) is 12.2 Å². The number of benzene rings is 1. The SMILES string of the molecule is [CH2]CCOCC=Cc1c(F)c(F)c(F)c(F)c1F. The Bertz CT molecular complexity index is 427. The number of hydrogen-bond acceptors (Lipinski definition) is 1. The lowest BCUT2D eigenvalue weighted by Crippen LogP contribution is -2.04. The van der Waals surface area contributed by atoms with E-state index in [9.17, 15) is 22.0 Å². The minimum Gasteiger partial charge on any atom is -0.377 e. The molecular formula is C12H10F5O. The van der Waals surface area contributed by atoms with E-state index in [1.165, 1.54) is 0 Å². The first-order valence-electron chi connectivity index (χ1n) is 5.05. The van der Waals surface area contributed by atoms with Crippen molar-refractivity contribution in [2.75, 3.05) is 13.2 Å². The smallest absolute Gasteiger partial charge is 0.200 e. The molecule has 0 aromatic heterocycles. The van der Waals surface area contributed by atoms with Gasteiger partial charge in [0.2, 0.25) is 5.82 Å². The van der Waals surface area contributed by atoms with Gasteiger partial charge < -0.3 is 4.74 Å². The summed E-state index contributed by atoms with van der Waals surface area (Å²) in [6.45, 7) is 3.82. The van der Waals surface area contributed by atoms with Crippen LogP contribution in [0.1, 0.15) is 12.0 Å². The largest absolute Gasteiger partial charge is 0.377 e. The van der Waals surface area contributed by atoms with Crippen molar-refractivity contribution in [1.82, 2.24) is 0 Å². The molecule has 0 bridgehead atoms. The number of ether oxygens (including phenoxy) is 1. The van der Waals surface area contributed by atoms with E-state index < -0.39 is 34.6 Å². The van der Waals surface area contributed by atoms with Crippen LogP contribution in [0.15, 0.2) is 6.08 Å². The Labute approximate surface area is 101 Å². The van der Waals surface area contributed by atoms with Gasteiger partial charge in [0.1, 0.15) is 0 Å². The van der Waals surface area contributed by atoms with Crippen LogP contribution < -0.4 is 0 Å². The van der Waals surface area contributed by atoms with Gasteiger partial charge in [0, 0.05) is 6.61 Å². The summed E-state index contributed by atoms with van der Waals surface area (Å²) in [6, 6.07) is 0. The zero-order chi connectivity index (χ0) is 13.7. The molecular weight excluding hydrogens is 255 g/mol. The van der Waals surface area contributed by atoms with Crippen molar-refractivity contribution in [3.63, 3.8) is 0 Å². The van der Waals surface area contributed by atoms with Crippen molar-refractivity contribution in [3.8, 4) is 0 Å². The fraction of sp³-hybridized carbons (Fsp3) is 0.250. The van der Waals surface area contributed by atoms with Gasteiger partial charge in [-0.1, -0.05) is 19.1 Å². The zero-order valence-corrected chi connectivity index (χ0v) is 9.28. The molecule has 0 amide bonds. The van der Waals surface area contributed by atoms with E-state index in [1.807, 2.05) is 0 Å². The van der Waals surface area contributed by atoms with Crippen LogP contribution in [0.2, 0.25) is 0 Å². The second-order valence-electron chi connectivity index (χ2n) is 3.31. The molecule has 1 rings (SSSR count). The van der Waals surface area contributed by atoms with Crippen molar-refractivity contribution in [1.29, 1.82) is 0 Å². The second-order valence-corrected chi connectivity index (χ2v) is 3.31. The molecule has 0 unspecified atom stereocenters. The van der Waals surface area contributed by atoms with Gasteiger partial charge in [-0.15, -0.1) is 0 Å². The van der Waals surface area contributed by atoms with E-state index in [4.69, 9.17) is 4.74 Å². The Hall–Kier alpha value is -1.43. The Morgan fingerprint density at radius 1 is 0.889 bits per heavy atom. The van der Waals surface area contributed by atoms with Crippen molar-refractivity contribution in [3.05, 3.63) is 47.6 Å². The van der Waals surface area contributed by atoms with Crippen molar-refractivity contribution >= 4 is 6.08 Å². The fourth-order valence-corrected chi connectivity index (χ4v) is 1.19. The van der Waals surface area contributed by atoms with Gasteiger partial charge >= 0.3 is 0 Å². The third-order valence-electron chi connectivity index (χ3n) is 2.03. The first-order valence-corrected chi connectivity index (χ1v) is 5.05. The van der Waals surface area contributed by atoms with E-state index in [-0.39, 0.29) is 6.61 Å². The van der Waals surface area contributed by atoms with Crippen LogP contribution in [0.5, 0.6) is 0 Å². The van der Waals surface area contributed by atoms with Gasteiger partial charge in [0.25, 0.3) is 0 Å². The summed E-state index contributed by atoms with van der Waals surface area (Å²) in [6.07, 6.45) is 2.46. The van der Waals surface area contributed by atoms with Gasteiger partial charge in [0.05, 0.1) is 12.2 Å². The molecule has 0 fully saturated rings. The molecule has 0 atom stereocenters. The highest BCUT2D eigenvalue weighted by atomic mass is 19.2. The van der Waals surface area contributed by atoms with Gasteiger partial charge in [-0.2, -0.15) is 0 Å². The van der Waals surface area contributed by atoms with Crippen LogP contribution in [0.4, 0.5) is 22.0 Å². The van der Waals surface area contributed by atoms with E-state index in [1.54, 1.807) is 0 Å². The minimum atomic E-state index is -2.17. The first kappa shape index (κ1) is 14.6. The molecule has 1 nitrogen and oxygen atoms in total. The summed E-state index contributed by atoms with van der Waals surface area (Å²) in [5.74, 6) is -9.82. The van der Waals surface area contributed by atoms with Crippen LogP contribution in [-0.2, 0) is 4.74 Å². The molecule has 0 aliphatic heterocycles. The van der Waals surface area contributed by atoms with Gasteiger partial charge in [0.15, 0.2) is 23.3 Å². The molecule has 99 valence electrons. The summed E-state index contributed by atoms with van der Waals surface area (Å²) in [5.41, 5.74) is -0.982. The molecule has 0 saturated carbocycles. The second kappa shape index (κ2) is 6.49. The van der Waals surface area contributed by atoms with E-state index in [0.29, 0.717) is 13.0 Å². The predicted molar refractivity (Wildman–Crippen MR) is 56.1 cm³/mol. The summed E-state index contributed by atoms with van der Waals surface area (Å²) in [5, 5.41) is 0. The molecule has 0 spiro atoms. The maximum atomic E-state index is 13.2. The highest BCUT2D eigenvalue weighted by molar-refractivity contribution is 5.51. The topological polar surface area (TPSA) is 9.23 Å². The highest BCUT2D eigenvalue weighted by Gasteiger charge is 2.23. The van der Waals surface area contributed by atoms with E-state index in [2.05, 4.69) is 6.92 Å². The molecule has 0 aliphatic carbocycles. The Morgan fingerprint density at radius 2 is 1.39 bits per heavy atom. The monoisotopic (exact) mass is 265 g/mol.